The number of imidazole rings is 1. The molecule has 208 valence electrons. The van der Waals surface area contributed by atoms with E-state index in [4.69, 9.17) is 0 Å². The molecule has 5 rings (SSSR count). The van der Waals surface area contributed by atoms with Crippen molar-refractivity contribution in [1.82, 2.24) is 14.0 Å². The first-order valence-corrected chi connectivity index (χ1v) is 14.2. The molecule has 1 N–H and O–H groups in total. The van der Waals surface area contributed by atoms with Crippen molar-refractivity contribution < 1.29 is 9.59 Å². The van der Waals surface area contributed by atoms with Crippen LogP contribution in [-0.4, -0.2) is 38.9 Å². The molecule has 7 heteroatoms. The first kappa shape index (κ1) is 27.4. The second kappa shape index (κ2) is 11.5. The maximum atomic E-state index is 13.3. The minimum Gasteiger partial charge on any atom is -0.339 e. The van der Waals surface area contributed by atoms with Crippen molar-refractivity contribution in [3.05, 3.63) is 100.0 Å². The molecule has 3 aromatic carbocycles. The molecule has 1 aliphatic heterocycles. The van der Waals surface area contributed by atoms with Crippen LogP contribution >= 0.6 is 0 Å². The average molecular weight is 539 g/mol. The second-order valence-corrected chi connectivity index (χ2v) is 11.1. The molecule has 0 aliphatic carbocycles. The largest absolute Gasteiger partial charge is 0.339 e. The molecule has 1 fully saturated rings. The maximum Gasteiger partial charge on any atom is 0.328 e. The SMILES string of the molecule is CCC(C)C(C(=O)Nc1ccc(C2CCN(C(=O)c3ccc4c(c3)n(C)c(=O)n4C)CC2)cc1)c1ccccc1. The molecule has 2 heterocycles. The Kier molecular flexibility index (Phi) is 7.92. The van der Waals surface area contributed by atoms with Crippen LogP contribution in [0.2, 0.25) is 0 Å². The van der Waals surface area contributed by atoms with Gasteiger partial charge in [0.05, 0.1) is 17.0 Å². The van der Waals surface area contributed by atoms with E-state index < -0.39 is 0 Å². The van der Waals surface area contributed by atoms with E-state index in [0.29, 0.717) is 24.6 Å². The van der Waals surface area contributed by atoms with Crippen LogP contribution in [0.4, 0.5) is 5.69 Å². The van der Waals surface area contributed by atoms with E-state index in [2.05, 4.69) is 31.3 Å². The van der Waals surface area contributed by atoms with Crippen molar-refractivity contribution in [2.75, 3.05) is 18.4 Å². The standard InChI is InChI=1S/C33H38N4O3/c1-5-22(2)30(25-9-7-6-8-10-25)31(38)34-27-14-11-23(12-15-27)24-17-19-37(20-18-24)32(39)26-13-16-28-29(21-26)36(4)33(40)35(28)3/h6-16,21-22,24,30H,5,17-20H2,1-4H3,(H,34,38). The van der Waals surface area contributed by atoms with Crippen molar-refractivity contribution in [3.8, 4) is 0 Å². The molecular formula is C33H38N4O3. The molecule has 0 spiro atoms. The predicted octanol–water partition coefficient (Wildman–Crippen LogP) is 5.67. The summed E-state index contributed by atoms with van der Waals surface area (Å²) in [4.78, 5) is 40.7. The van der Waals surface area contributed by atoms with E-state index >= 15 is 0 Å². The zero-order valence-corrected chi connectivity index (χ0v) is 23.8. The summed E-state index contributed by atoms with van der Waals surface area (Å²) >= 11 is 0. The highest BCUT2D eigenvalue weighted by molar-refractivity contribution is 5.98. The van der Waals surface area contributed by atoms with Crippen LogP contribution in [0.3, 0.4) is 0 Å². The lowest BCUT2D eigenvalue weighted by molar-refractivity contribution is -0.118. The van der Waals surface area contributed by atoms with Crippen LogP contribution in [0.15, 0.2) is 77.6 Å². The van der Waals surface area contributed by atoms with Gasteiger partial charge in [0.25, 0.3) is 5.91 Å². The molecule has 2 unspecified atom stereocenters. The Labute approximate surface area is 235 Å². The van der Waals surface area contributed by atoms with Crippen molar-refractivity contribution in [3.63, 3.8) is 0 Å². The van der Waals surface area contributed by atoms with Gasteiger partial charge < -0.3 is 10.2 Å². The Morgan fingerprint density at radius 2 is 1.55 bits per heavy atom. The molecule has 4 aromatic rings. The van der Waals surface area contributed by atoms with E-state index in [-0.39, 0.29) is 29.3 Å². The molecule has 40 heavy (non-hydrogen) atoms. The van der Waals surface area contributed by atoms with Gasteiger partial charge in [0.1, 0.15) is 0 Å². The Morgan fingerprint density at radius 3 is 2.20 bits per heavy atom. The lowest BCUT2D eigenvalue weighted by atomic mass is 9.84. The zero-order chi connectivity index (χ0) is 28.4. The van der Waals surface area contributed by atoms with Crippen molar-refractivity contribution >= 4 is 28.5 Å². The van der Waals surface area contributed by atoms with E-state index in [0.717, 1.165) is 41.5 Å². The van der Waals surface area contributed by atoms with Crippen molar-refractivity contribution in [2.24, 2.45) is 20.0 Å². The van der Waals surface area contributed by atoms with E-state index in [1.165, 1.54) is 5.56 Å². The molecule has 0 bridgehead atoms. The van der Waals surface area contributed by atoms with Gasteiger partial charge in [0.15, 0.2) is 0 Å². The normalized spacial score (nSPS) is 15.7. The van der Waals surface area contributed by atoms with Crippen LogP contribution in [0, 0.1) is 5.92 Å². The molecule has 1 aromatic heterocycles. The lowest BCUT2D eigenvalue weighted by Crippen LogP contribution is -2.37. The Hall–Kier alpha value is -4.13. The van der Waals surface area contributed by atoms with Crippen LogP contribution in [-0.2, 0) is 18.9 Å². The van der Waals surface area contributed by atoms with Gasteiger partial charge in [-0.05, 0) is 66.1 Å². The quantitative estimate of drug-likeness (QED) is 0.330. The predicted molar refractivity (Wildman–Crippen MR) is 160 cm³/mol. The zero-order valence-electron chi connectivity index (χ0n) is 23.8. The van der Waals surface area contributed by atoms with Crippen molar-refractivity contribution in [1.29, 1.82) is 0 Å². The van der Waals surface area contributed by atoms with Gasteiger partial charge in [-0.15, -0.1) is 0 Å². The highest BCUT2D eigenvalue weighted by Crippen LogP contribution is 2.31. The summed E-state index contributed by atoms with van der Waals surface area (Å²) in [6.45, 7) is 5.61. The number of anilines is 1. The van der Waals surface area contributed by atoms with E-state index in [1.807, 2.05) is 65.6 Å². The molecule has 2 amide bonds. The first-order chi connectivity index (χ1) is 19.3. The molecule has 0 radical (unpaired) electrons. The summed E-state index contributed by atoms with van der Waals surface area (Å²) < 4.78 is 3.18. The van der Waals surface area contributed by atoms with Gasteiger partial charge in [-0.2, -0.15) is 0 Å². The number of carbonyl (C=O) groups is 2. The number of aromatic nitrogens is 2. The molecule has 1 saturated heterocycles. The molecule has 7 nitrogen and oxygen atoms in total. The Bertz CT molecular complexity index is 1560. The van der Waals surface area contributed by atoms with Gasteiger partial charge in [-0.3, -0.25) is 18.7 Å². The molecular weight excluding hydrogens is 500 g/mol. The number of nitrogens with zero attached hydrogens (tertiary/aromatic N) is 3. The minimum absolute atomic E-state index is 0.00369. The number of benzene rings is 3. The number of fused-ring (bicyclic) bond motifs is 1. The number of nitrogens with one attached hydrogen (secondary N) is 1. The number of piperidine rings is 1. The van der Waals surface area contributed by atoms with Crippen LogP contribution in [0.5, 0.6) is 0 Å². The van der Waals surface area contributed by atoms with Gasteiger partial charge in [-0.25, -0.2) is 4.79 Å². The topological polar surface area (TPSA) is 76.3 Å². The monoisotopic (exact) mass is 538 g/mol. The average Bonchev–Trinajstić information content (AvgIpc) is 3.21. The Morgan fingerprint density at radius 1 is 0.900 bits per heavy atom. The Balaban J connectivity index is 1.21. The molecule has 2 atom stereocenters. The number of amides is 2. The summed E-state index contributed by atoms with van der Waals surface area (Å²) in [7, 11) is 3.47. The van der Waals surface area contributed by atoms with Crippen LogP contribution in [0.1, 0.15) is 66.4 Å². The number of hydrogen-bond donors (Lipinski definition) is 1. The third-order valence-corrected chi connectivity index (χ3v) is 8.60. The highest BCUT2D eigenvalue weighted by atomic mass is 16.2. The minimum atomic E-state index is -0.194. The summed E-state index contributed by atoms with van der Waals surface area (Å²) in [5.41, 5.74) is 5.16. The number of carbonyl (C=O) groups excluding carboxylic acids is 2. The number of hydrogen-bond acceptors (Lipinski definition) is 3. The molecule has 1 aliphatic rings. The van der Waals surface area contributed by atoms with Gasteiger partial charge >= 0.3 is 5.69 Å². The van der Waals surface area contributed by atoms with E-state index in [9.17, 15) is 14.4 Å². The summed E-state index contributed by atoms with van der Waals surface area (Å²) in [6.07, 6.45) is 2.69. The third kappa shape index (κ3) is 5.33. The fourth-order valence-electron chi connectivity index (χ4n) is 5.93. The fourth-order valence-corrected chi connectivity index (χ4v) is 5.93. The number of rotatable bonds is 7. The van der Waals surface area contributed by atoms with Gasteiger partial charge in [0.2, 0.25) is 5.91 Å². The second-order valence-electron chi connectivity index (χ2n) is 11.1. The first-order valence-electron chi connectivity index (χ1n) is 14.2. The third-order valence-electron chi connectivity index (χ3n) is 8.60. The summed E-state index contributed by atoms with van der Waals surface area (Å²) in [5.74, 6) is 0.428. The highest BCUT2D eigenvalue weighted by Gasteiger charge is 2.27. The number of likely N-dealkylation sites (tertiary alicyclic amines) is 1. The smallest absolute Gasteiger partial charge is 0.328 e. The fraction of sp³-hybridized carbons (Fsp3) is 0.364. The van der Waals surface area contributed by atoms with Gasteiger partial charge in [-0.1, -0.05) is 62.7 Å². The van der Waals surface area contributed by atoms with Crippen molar-refractivity contribution in [2.45, 2.75) is 44.9 Å². The maximum absolute atomic E-state index is 13.3. The van der Waals surface area contributed by atoms with E-state index in [1.54, 1.807) is 23.2 Å². The van der Waals surface area contributed by atoms with Crippen LogP contribution < -0.4 is 11.0 Å². The summed E-state index contributed by atoms with van der Waals surface area (Å²) in [6, 6.07) is 23.7. The molecule has 0 saturated carbocycles. The number of aryl methyl sites for hydroxylation is 2. The summed E-state index contributed by atoms with van der Waals surface area (Å²) in [5, 5.41) is 3.13. The lowest BCUT2D eigenvalue weighted by Gasteiger charge is -2.32. The van der Waals surface area contributed by atoms with Crippen LogP contribution in [0.25, 0.3) is 11.0 Å². The van der Waals surface area contributed by atoms with Gasteiger partial charge in [0, 0.05) is 38.4 Å².